The molecule has 6 heteroatoms. The van der Waals surface area contributed by atoms with E-state index >= 15 is 0 Å². The van der Waals surface area contributed by atoms with E-state index in [-0.39, 0.29) is 11.5 Å². The quantitative estimate of drug-likeness (QED) is 0.805. The minimum absolute atomic E-state index is 0.164. The summed E-state index contributed by atoms with van der Waals surface area (Å²) in [5, 5.41) is 0. The maximum atomic E-state index is 12.3. The van der Waals surface area contributed by atoms with Crippen LogP contribution in [0.4, 0.5) is 0 Å². The zero-order valence-electron chi connectivity index (χ0n) is 12.4. The molecule has 0 aliphatic heterocycles. The van der Waals surface area contributed by atoms with E-state index in [0.29, 0.717) is 6.42 Å². The first-order valence-corrected chi connectivity index (χ1v) is 9.84. The number of hydrogen-bond donors (Lipinski definition) is 0. The fraction of sp³-hybridized carbons (Fsp3) is 0.571. The van der Waals surface area contributed by atoms with E-state index in [2.05, 4.69) is 0 Å². The summed E-state index contributed by atoms with van der Waals surface area (Å²) >= 11 is 0. The predicted molar refractivity (Wildman–Crippen MR) is 82.2 cm³/mol. The lowest BCUT2D eigenvalue weighted by Gasteiger charge is -2.24. The van der Waals surface area contributed by atoms with Crippen molar-refractivity contribution >= 4 is 19.7 Å². The lowest BCUT2D eigenvalue weighted by atomic mass is 10.1. The highest BCUT2D eigenvalue weighted by atomic mass is 32.3. The van der Waals surface area contributed by atoms with E-state index < -0.39 is 23.8 Å². The van der Waals surface area contributed by atoms with Crippen LogP contribution in [0.25, 0.3) is 0 Å². The van der Waals surface area contributed by atoms with Gasteiger partial charge in [-0.3, -0.25) is 0 Å². The number of sulfone groups is 2. The zero-order chi connectivity index (χ0) is 15.6. The Balaban J connectivity index is 2.97. The number of rotatable bonds is 6. The van der Waals surface area contributed by atoms with E-state index in [1.54, 1.807) is 0 Å². The molecule has 0 radical (unpaired) electrons. The second-order valence-corrected chi connectivity index (χ2v) is 11.1. The largest absolute Gasteiger partial charge is 0.227 e. The third kappa shape index (κ3) is 3.41. The molecule has 0 atom stereocenters. The standard InChI is InChI=1S/C14H22O4S2/c1-5-19(15,16)14(3,4)20(17,18)10-9-13-8-6-7-12(2)11-13/h6-8,11H,5,9-10H2,1-4H3. The second kappa shape index (κ2) is 5.85. The summed E-state index contributed by atoms with van der Waals surface area (Å²) in [6, 6.07) is 7.56. The van der Waals surface area contributed by atoms with Gasteiger partial charge in [-0.25, -0.2) is 16.8 Å². The molecule has 0 bridgehead atoms. The van der Waals surface area contributed by atoms with Crippen molar-refractivity contribution in [1.82, 2.24) is 0 Å². The third-order valence-electron chi connectivity index (χ3n) is 3.62. The van der Waals surface area contributed by atoms with Gasteiger partial charge in [-0.15, -0.1) is 0 Å². The summed E-state index contributed by atoms with van der Waals surface area (Å²) in [7, 11) is -7.38. The van der Waals surface area contributed by atoms with Crippen LogP contribution in [0.15, 0.2) is 24.3 Å². The van der Waals surface area contributed by atoms with E-state index in [4.69, 9.17) is 0 Å². The van der Waals surface area contributed by atoms with Gasteiger partial charge in [-0.2, -0.15) is 0 Å². The SMILES string of the molecule is CCS(=O)(=O)C(C)(C)S(=O)(=O)CCc1cccc(C)c1. The maximum absolute atomic E-state index is 12.3. The van der Waals surface area contributed by atoms with Gasteiger partial charge in [-0.05, 0) is 32.8 Å². The van der Waals surface area contributed by atoms with Crippen LogP contribution in [0.2, 0.25) is 0 Å². The fourth-order valence-corrected chi connectivity index (χ4v) is 5.75. The van der Waals surface area contributed by atoms with Gasteiger partial charge < -0.3 is 0 Å². The molecule has 0 N–H and O–H groups in total. The topological polar surface area (TPSA) is 68.3 Å². The van der Waals surface area contributed by atoms with Crippen molar-refractivity contribution in [2.24, 2.45) is 0 Å². The third-order valence-corrected chi connectivity index (χ3v) is 9.64. The molecule has 0 amide bonds. The minimum atomic E-state index is -3.73. The molecular formula is C14H22O4S2. The van der Waals surface area contributed by atoms with Crippen molar-refractivity contribution < 1.29 is 16.8 Å². The Kier molecular flexibility index (Phi) is 5.03. The van der Waals surface area contributed by atoms with Crippen molar-refractivity contribution in [2.75, 3.05) is 11.5 Å². The van der Waals surface area contributed by atoms with Gasteiger partial charge in [0.15, 0.2) is 23.8 Å². The molecule has 0 aromatic heterocycles. The summed E-state index contributed by atoms with van der Waals surface area (Å²) in [6.45, 7) is 5.95. The van der Waals surface area contributed by atoms with Crippen LogP contribution >= 0.6 is 0 Å². The van der Waals surface area contributed by atoms with Crippen LogP contribution < -0.4 is 0 Å². The molecule has 0 spiro atoms. The monoisotopic (exact) mass is 318 g/mol. The van der Waals surface area contributed by atoms with Crippen LogP contribution in [0.1, 0.15) is 31.9 Å². The summed E-state index contributed by atoms with van der Waals surface area (Å²) < 4.78 is 46.8. The van der Waals surface area contributed by atoms with Crippen LogP contribution in [0.3, 0.4) is 0 Å². The molecule has 1 aromatic rings. The molecule has 0 aliphatic carbocycles. The molecule has 0 saturated carbocycles. The van der Waals surface area contributed by atoms with Crippen molar-refractivity contribution in [3.05, 3.63) is 35.4 Å². The van der Waals surface area contributed by atoms with Gasteiger partial charge in [0.1, 0.15) is 0 Å². The molecule has 1 rings (SSSR count). The van der Waals surface area contributed by atoms with E-state index in [1.807, 2.05) is 31.2 Å². The molecule has 4 nitrogen and oxygen atoms in total. The average molecular weight is 318 g/mol. The average Bonchev–Trinajstić information content (AvgIpc) is 2.36. The summed E-state index contributed by atoms with van der Waals surface area (Å²) in [5.41, 5.74) is 1.96. The summed E-state index contributed by atoms with van der Waals surface area (Å²) in [6.07, 6.45) is 0.326. The first-order chi connectivity index (χ1) is 9.03. The van der Waals surface area contributed by atoms with E-state index in [9.17, 15) is 16.8 Å². The minimum Gasteiger partial charge on any atom is -0.227 e. The van der Waals surface area contributed by atoms with Crippen LogP contribution in [0.5, 0.6) is 0 Å². The van der Waals surface area contributed by atoms with Crippen molar-refractivity contribution in [1.29, 1.82) is 0 Å². The highest BCUT2D eigenvalue weighted by molar-refractivity contribution is 8.10. The van der Waals surface area contributed by atoms with E-state index in [0.717, 1.165) is 11.1 Å². The molecule has 114 valence electrons. The molecule has 0 aliphatic rings. The number of benzene rings is 1. The molecule has 0 saturated heterocycles. The molecule has 0 unspecified atom stereocenters. The normalized spacial score (nSPS) is 13.4. The molecular weight excluding hydrogens is 296 g/mol. The number of hydrogen-bond acceptors (Lipinski definition) is 4. The van der Waals surface area contributed by atoms with Gasteiger partial charge in [0, 0.05) is 5.75 Å². The highest BCUT2D eigenvalue weighted by Crippen LogP contribution is 2.26. The van der Waals surface area contributed by atoms with Gasteiger partial charge in [-0.1, -0.05) is 36.8 Å². The molecule has 0 fully saturated rings. The first kappa shape index (κ1) is 17.2. The van der Waals surface area contributed by atoms with Crippen LogP contribution in [-0.2, 0) is 26.1 Å². The smallest absolute Gasteiger partial charge is 0.170 e. The Bertz CT molecular complexity index is 671. The van der Waals surface area contributed by atoms with Gasteiger partial charge in [0.2, 0.25) is 0 Å². The van der Waals surface area contributed by atoms with Crippen molar-refractivity contribution in [3.8, 4) is 0 Å². The molecule has 1 aromatic carbocycles. The Morgan fingerprint density at radius 2 is 1.65 bits per heavy atom. The fourth-order valence-electron chi connectivity index (χ4n) is 1.91. The van der Waals surface area contributed by atoms with Gasteiger partial charge >= 0.3 is 0 Å². The summed E-state index contributed by atoms with van der Waals surface area (Å²) in [5.74, 6) is -0.341. The van der Waals surface area contributed by atoms with Gasteiger partial charge in [0.25, 0.3) is 0 Å². The lowest BCUT2D eigenvalue weighted by Crippen LogP contribution is -2.43. The maximum Gasteiger partial charge on any atom is 0.170 e. The Morgan fingerprint density at radius 3 is 2.15 bits per heavy atom. The second-order valence-electron chi connectivity index (χ2n) is 5.36. The Hall–Kier alpha value is -0.880. The zero-order valence-corrected chi connectivity index (χ0v) is 14.0. The lowest BCUT2D eigenvalue weighted by molar-refractivity contribution is 0.555. The summed E-state index contributed by atoms with van der Waals surface area (Å²) in [4.78, 5) is 0. The Morgan fingerprint density at radius 1 is 1.05 bits per heavy atom. The number of aryl methyl sites for hydroxylation is 2. The Labute approximate surface area is 122 Å². The molecule has 20 heavy (non-hydrogen) atoms. The van der Waals surface area contributed by atoms with Crippen LogP contribution in [-0.4, -0.2) is 32.4 Å². The van der Waals surface area contributed by atoms with Crippen molar-refractivity contribution in [3.63, 3.8) is 0 Å². The van der Waals surface area contributed by atoms with Crippen LogP contribution in [0, 0.1) is 6.92 Å². The predicted octanol–water partition coefficient (Wildman–Crippen LogP) is 2.12. The highest BCUT2D eigenvalue weighted by Gasteiger charge is 2.44. The van der Waals surface area contributed by atoms with Crippen molar-refractivity contribution in [2.45, 2.75) is 38.2 Å². The first-order valence-electron chi connectivity index (χ1n) is 6.53. The van der Waals surface area contributed by atoms with Gasteiger partial charge in [0.05, 0.1) is 5.75 Å². The molecule has 0 heterocycles. The van der Waals surface area contributed by atoms with E-state index in [1.165, 1.54) is 20.8 Å².